The molecular weight excluding hydrogens is 202 g/mol. The fourth-order valence-corrected chi connectivity index (χ4v) is 1.54. The molecule has 0 aromatic carbocycles. The van der Waals surface area contributed by atoms with Crippen molar-refractivity contribution in [2.75, 3.05) is 27.2 Å². The second-order valence-electron chi connectivity index (χ2n) is 3.51. The zero-order valence-corrected chi connectivity index (χ0v) is 9.51. The van der Waals surface area contributed by atoms with Crippen LogP contribution in [0, 0.1) is 0 Å². The predicted molar refractivity (Wildman–Crippen MR) is 60.0 cm³/mol. The molecule has 2 rings (SSSR count). The first-order valence-electron chi connectivity index (χ1n) is 4.53. The van der Waals surface area contributed by atoms with Gasteiger partial charge in [0.25, 0.3) is 0 Å². The lowest BCUT2D eigenvalue weighted by Crippen LogP contribution is -2.42. The molecule has 0 aliphatic carbocycles. The molecule has 0 aromatic rings. The van der Waals surface area contributed by atoms with E-state index in [1.54, 1.807) is 0 Å². The number of hydrogen-bond donors (Lipinski definition) is 1. The van der Waals surface area contributed by atoms with Gasteiger partial charge in [-0.25, -0.2) is 4.99 Å². The number of halogens is 1. The molecule has 1 saturated heterocycles. The Kier molecular flexibility index (Phi) is 3.21. The van der Waals surface area contributed by atoms with Crippen LogP contribution < -0.4 is 5.32 Å². The largest absolute Gasteiger partial charge is 0.354 e. The lowest BCUT2D eigenvalue weighted by atomic mass is 10.4. The van der Waals surface area contributed by atoms with Gasteiger partial charge in [0.05, 0.1) is 0 Å². The number of nitrogens with zero attached hydrogens (tertiary/aromatic N) is 4. The minimum Gasteiger partial charge on any atom is -0.354 e. The third-order valence-corrected chi connectivity index (χ3v) is 2.27. The van der Waals surface area contributed by atoms with Gasteiger partial charge in [-0.3, -0.25) is 0 Å². The van der Waals surface area contributed by atoms with E-state index in [0.717, 1.165) is 25.0 Å². The lowest BCUT2D eigenvalue weighted by molar-refractivity contribution is 0.360. The molecule has 6 heteroatoms. The van der Waals surface area contributed by atoms with Gasteiger partial charge >= 0.3 is 0 Å². The first kappa shape index (κ1) is 11.1. The van der Waals surface area contributed by atoms with Crippen molar-refractivity contribution in [1.29, 1.82) is 0 Å². The Morgan fingerprint density at radius 2 is 2.21 bits per heavy atom. The van der Waals surface area contributed by atoms with Crippen LogP contribution in [0.15, 0.2) is 9.98 Å². The van der Waals surface area contributed by atoms with Crippen LogP contribution in [0.4, 0.5) is 0 Å². The number of nitrogens with one attached hydrogen (secondary N) is 1. The van der Waals surface area contributed by atoms with Crippen LogP contribution in [0.2, 0.25) is 0 Å². The summed E-state index contributed by atoms with van der Waals surface area (Å²) in [4.78, 5) is 13.0. The van der Waals surface area contributed by atoms with Crippen molar-refractivity contribution in [3.63, 3.8) is 0 Å². The van der Waals surface area contributed by atoms with Gasteiger partial charge in [-0.1, -0.05) is 0 Å². The van der Waals surface area contributed by atoms with E-state index in [2.05, 4.69) is 27.1 Å². The minimum absolute atomic E-state index is 0. The average Bonchev–Trinajstić information content (AvgIpc) is 2.51. The summed E-state index contributed by atoms with van der Waals surface area (Å²) in [5.74, 6) is 1.76. The molecular formula is C8H16ClN5. The molecule has 1 unspecified atom stereocenters. The third-order valence-electron chi connectivity index (χ3n) is 2.27. The molecule has 0 aromatic heterocycles. The molecule has 0 amide bonds. The molecule has 2 aliphatic heterocycles. The molecule has 1 fully saturated rings. The lowest BCUT2D eigenvalue weighted by Gasteiger charge is -2.28. The maximum atomic E-state index is 4.47. The van der Waals surface area contributed by atoms with Crippen LogP contribution in [0.25, 0.3) is 0 Å². The predicted octanol–water partition coefficient (Wildman–Crippen LogP) is -0.0534. The van der Waals surface area contributed by atoms with Crippen LogP contribution in [0.3, 0.4) is 0 Å². The van der Waals surface area contributed by atoms with Gasteiger partial charge in [-0.05, 0) is 6.92 Å². The van der Waals surface area contributed by atoms with Crippen molar-refractivity contribution < 1.29 is 0 Å². The van der Waals surface area contributed by atoms with E-state index in [9.17, 15) is 0 Å². The van der Waals surface area contributed by atoms with E-state index in [1.807, 2.05) is 19.0 Å². The van der Waals surface area contributed by atoms with E-state index < -0.39 is 0 Å². The Labute approximate surface area is 90.3 Å². The van der Waals surface area contributed by atoms with Gasteiger partial charge in [0.2, 0.25) is 11.9 Å². The Bertz CT molecular complexity index is 273. The Balaban J connectivity index is 0.000000980. The molecule has 1 N–H and O–H groups in total. The highest BCUT2D eigenvalue weighted by atomic mass is 35.5. The van der Waals surface area contributed by atoms with Gasteiger partial charge in [-0.2, -0.15) is 4.99 Å². The van der Waals surface area contributed by atoms with E-state index >= 15 is 0 Å². The van der Waals surface area contributed by atoms with Crippen molar-refractivity contribution in [1.82, 2.24) is 15.1 Å². The fraction of sp³-hybridized carbons (Fsp3) is 0.750. The summed E-state index contributed by atoms with van der Waals surface area (Å²) in [7, 11) is 3.92. The SMILES string of the molecule is CC1N=C(N(C)C)N=C2NCCN21.Cl. The van der Waals surface area contributed by atoms with Crippen molar-refractivity contribution >= 4 is 24.3 Å². The molecule has 5 nitrogen and oxygen atoms in total. The fourth-order valence-electron chi connectivity index (χ4n) is 1.54. The summed E-state index contributed by atoms with van der Waals surface area (Å²) in [5.41, 5.74) is 0. The zero-order valence-electron chi connectivity index (χ0n) is 8.69. The second kappa shape index (κ2) is 4.04. The Morgan fingerprint density at radius 1 is 1.50 bits per heavy atom. The molecule has 0 saturated carbocycles. The smallest absolute Gasteiger partial charge is 0.225 e. The second-order valence-corrected chi connectivity index (χ2v) is 3.51. The van der Waals surface area contributed by atoms with Crippen molar-refractivity contribution in [3.8, 4) is 0 Å². The normalized spacial score (nSPS) is 24.2. The molecule has 0 bridgehead atoms. The number of rotatable bonds is 0. The maximum absolute atomic E-state index is 4.47. The monoisotopic (exact) mass is 217 g/mol. The van der Waals surface area contributed by atoms with Crippen molar-refractivity contribution in [3.05, 3.63) is 0 Å². The number of aliphatic imine (C=N–C) groups is 2. The highest BCUT2D eigenvalue weighted by Gasteiger charge is 2.27. The molecule has 1 atom stereocenters. The van der Waals surface area contributed by atoms with Crippen LogP contribution in [0.5, 0.6) is 0 Å². The van der Waals surface area contributed by atoms with Gasteiger partial charge in [-0.15, -0.1) is 12.4 Å². The van der Waals surface area contributed by atoms with Crippen LogP contribution in [-0.2, 0) is 0 Å². The quantitative estimate of drug-likeness (QED) is 0.619. The van der Waals surface area contributed by atoms with Crippen LogP contribution in [0.1, 0.15) is 6.92 Å². The van der Waals surface area contributed by atoms with Crippen LogP contribution in [-0.4, -0.2) is 55.1 Å². The topological polar surface area (TPSA) is 43.2 Å². The van der Waals surface area contributed by atoms with Gasteiger partial charge in [0, 0.05) is 27.2 Å². The molecule has 0 spiro atoms. The van der Waals surface area contributed by atoms with E-state index in [4.69, 9.17) is 0 Å². The zero-order chi connectivity index (χ0) is 9.42. The van der Waals surface area contributed by atoms with Crippen molar-refractivity contribution in [2.45, 2.75) is 13.1 Å². The molecule has 14 heavy (non-hydrogen) atoms. The Hall–Kier alpha value is -0.970. The van der Waals surface area contributed by atoms with Gasteiger partial charge in [0.1, 0.15) is 6.17 Å². The Morgan fingerprint density at radius 3 is 2.86 bits per heavy atom. The van der Waals surface area contributed by atoms with E-state index in [1.165, 1.54) is 0 Å². The third kappa shape index (κ3) is 1.77. The summed E-state index contributed by atoms with van der Waals surface area (Å²) in [6.07, 6.45) is 0.208. The summed E-state index contributed by atoms with van der Waals surface area (Å²) in [6.45, 7) is 4.06. The number of fused-ring (bicyclic) bond motifs is 1. The summed E-state index contributed by atoms with van der Waals surface area (Å²) in [6, 6.07) is 0. The molecule has 0 radical (unpaired) electrons. The van der Waals surface area contributed by atoms with Gasteiger partial charge in [0.15, 0.2) is 0 Å². The van der Waals surface area contributed by atoms with E-state index in [-0.39, 0.29) is 18.6 Å². The molecule has 80 valence electrons. The maximum Gasteiger partial charge on any atom is 0.225 e. The summed E-state index contributed by atoms with van der Waals surface area (Å²) >= 11 is 0. The summed E-state index contributed by atoms with van der Waals surface area (Å²) < 4.78 is 0. The minimum atomic E-state index is 0. The first-order chi connectivity index (χ1) is 6.18. The summed E-state index contributed by atoms with van der Waals surface area (Å²) in [5, 5.41) is 3.24. The standard InChI is InChI=1S/C8H15N5.ClH/c1-6-10-8(12(2)3)11-7-9-4-5-13(6)7;/h6H,4-5H2,1-3H3,(H,9,10,11);1H. The highest BCUT2D eigenvalue weighted by molar-refractivity contribution is 5.97. The molecule has 2 heterocycles. The molecule has 2 aliphatic rings. The van der Waals surface area contributed by atoms with Crippen LogP contribution >= 0.6 is 12.4 Å². The first-order valence-corrected chi connectivity index (χ1v) is 4.53. The van der Waals surface area contributed by atoms with Crippen molar-refractivity contribution in [2.24, 2.45) is 9.98 Å². The van der Waals surface area contributed by atoms with E-state index in [0.29, 0.717) is 0 Å². The average molecular weight is 218 g/mol. The van der Waals surface area contributed by atoms with Gasteiger partial charge < -0.3 is 15.1 Å². The highest BCUT2D eigenvalue weighted by Crippen LogP contribution is 2.11. The number of guanidine groups is 2. The number of hydrogen-bond acceptors (Lipinski definition) is 5.